The second-order valence-corrected chi connectivity index (χ2v) is 7.33. The molecule has 0 spiro atoms. The number of hydrogen-bond donors (Lipinski definition) is 1. The van der Waals surface area contributed by atoms with Gasteiger partial charge in [-0.1, -0.05) is 12.1 Å². The normalized spacial score (nSPS) is 19.4. The lowest BCUT2D eigenvalue weighted by molar-refractivity contribution is -0.132. The molecule has 3 rings (SSSR count). The van der Waals surface area contributed by atoms with Crippen molar-refractivity contribution in [1.82, 2.24) is 10.2 Å². The van der Waals surface area contributed by atoms with Gasteiger partial charge in [-0.05, 0) is 55.7 Å². The van der Waals surface area contributed by atoms with Crippen LogP contribution in [0.25, 0.3) is 0 Å². The zero-order valence-electron chi connectivity index (χ0n) is 15.5. The lowest BCUT2D eigenvalue weighted by Gasteiger charge is -2.39. The molecule has 1 aliphatic heterocycles. The summed E-state index contributed by atoms with van der Waals surface area (Å²) in [7, 11) is 0. The fourth-order valence-corrected chi connectivity index (χ4v) is 3.45. The molecule has 0 aromatic heterocycles. The Bertz CT molecular complexity index is 903. The van der Waals surface area contributed by atoms with E-state index in [2.05, 4.69) is 5.32 Å². The van der Waals surface area contributed by atoms with Crippen LogP contribution in [0.3, 0.4) is 0 Å². The van der Waals surface area contributed by atoms with Gasteiger partial charge < -0.3 is 10.2 Å². The van der Waals surface area contributed by atoms with Crippen molar-refractivity contribution in [2.75, 3.05) is 13.1 Å². The molecule has 1 atom stereocenters. The van der Waals surface area contributed by atoms with Crippen molar-refractivity contribution in [2.24, 2.45) is 5.41 Å². The third-order valence-corrected chi connectivity index (χ3v) is 5.04. The van der Waals surface area contributed by atoms with Gasteiger partial charge in [0.15, 0.2) is 11.6 Å². The largest absolute Gasteiger partial charge is 0.351 e. The molecule has 28 heavy (non-hydrogen) atoms. The van der Waals surface area contributed by atoms with Crippen molar-refractivity contribution in [3.8, 4) is 0 Å². The van der Waals surface area contributed by atoms with E-state index in [-0.39, 0.29) is 30.4 Å². The second kappa shape index (κ2) is 8.04. The molecule has 1 saturated heterocycles. The molecule has 0 bridgehead atoms. The van der Waals surface area contributed by atoms with E-state index in [4.69, 9.17) is 0 Å². The van der Waals surface area contributed by atoms with Crippen LogP contribution in [0.2, 0.25) is 0 Å². The van der Waals surface area contributed by atoms with Gasteiger partial charge in [-0.15, -0.1) is 0 Å². The maximum Gasteiger partial charge on any atom is 0.253 e. The number of halogens is 3. The SMILES string of the molecule is CC1(C(=O)NCc2cccc(F)c2)CCCN(C(=O)c2ccc(F)c(F)c2)C1. The van der Waals surface area contributed by atoms with E-state index >= 15 is 0 Å². The fraction of sp³-hybridized carbons (Fsp3) is 0.333. The average Bonchev–Trinajstić information content (AvgIpc) is 2.67. The van der Waals surface area contributed by atoms with Gasteiger partial charge in [0.25, 0.3) is 5.91 Å². The third kappa shape index (κ3) is 4.35. The molecule has 2 aromatic carbocycles. The Balaban J connectivity index is 1.67. The van der Waals surface area contributed by atoms with Gasteiger partial charge in [-0.3, -0.25) is 9.59 Å². The van der Waals surface area contributed by atoms with Crippen LogP contribution in [0.15, 0.2) is 42.5 Å². The van der Waals surface area contributed by atoms with Crippen LogP contribution in [0, 0.1) is 22.9 Å². The van der Waals surface area contributed by atoms with Crippen LogP contribution in [0.5, 0.6) is 0 Å². The van der Waals surface area contributed by atoms with E-state index in [0.717, 1.165) is 12.1 Å². The molecule has 0 saturated carbocycles. The predicted molar refractivity (Wildman–Crippen MR) is 97.8 cm³/mol. The first kappa shape index (κ1) is 19.9. The molecule has 1 heterocycles. The molecule has 2 amide bonds. The second-order valence-electron chi connectivity index (χ2n) is 7.33. The lowest BCUT2D eigenvalue weighted by atomic mass is 9.80. The van der Waals surface area contributed by atoms with Gasteiger partial charge in [0.2, 0.25) is 5.91 Å². The highest BCUT2D eigenvalue weighted by Gasteiger charge is 2.39. The summed E-state index contributed by atoms with van der Waals surface area (Å²) in [5, 5.41) is 2.80. The van der Waals surface area contributed by atoms with E-state index in [0.29, 0.717) is 24.9 Å². The highest BCUT2D eigenvalue weighted by atomic mass is 19.2. The highest BCUT2D eigenvalue weighted by molar-refractivity contribution is 5.95. The minimum Gasteiger partial charge on any atom is -0.351 e. The first-order valence-electron chi connectivity index (χ1n) is 9.05. The number of likely N-dealkylation sites (tertiary alicyclic amines) is 1. The highest BCUT2D eigenvalue weighted by Crippen LogP contribution is 2.31. The summed E-state index contributed by atoms with van der Waals surface area (Å²) in [5.74, 6) is -3.16. The minimum absolute atomic E-state index is 0.0447. The summed E-state index contributed by atoms with van der Waals surface area (Å²) in [4.78, 5) is 26.9. The van der Waals surface area contributed by atoms with Crippen LogP contribution in [-0.4, -0.2) is 29.8 Å². The molecule has 2 aromatic rings. The van der Waals surface area contributed by atoms with Crippen molar-refractivity contribution < 1.29 is 22.8 Å². The van der Waals surface area contributed by atoms with Gasteiger partial charge in [0.1, 0.15) is 5.82 Å². The molecule has 1 unspecified atom stereocenters. The van der Waals surface area contributed by atoms with Crippen LogP contribution in [0.4, 0.5) is 13.2 Å². The van der Waals surface area contributed by atoms with Crippen molar-refractivity contribution in [3.05, 3.63) is 71.0 Å². The number of piperidine rings is 1. The van der Waals surface area contributed by atoms with E-state index in [1.54, 1.807) is 19.1 Å². The third-order valence-electron chi connectivity index (χ3n) is 5.04. The maximum atomic E-state index is 13.4. The Morgan fingerprint density at radius 1 is 1.11 bits per heavy atom. The summed E-state index contributed by atoms with van der Waals surface area (Å²) in [6.07, 6.45) is 1.20. The first-order chi connectivity index (χ1) is 13.3. The van der Waals surface area contributed by atoms with Gasteiger partial charge in [-0.2, -0.15) is 0 Å². The van der Waals surface area contributed by atoms with E-state index in [1.807, 2.05) is 0 Å². The first-order valence-corrected chi connectivity index (χ1v) is 9.05. The minimum atomic E-state index is -1.08. The quantitative estimate of drug-likeness (QED) is 0.866. The molecule has 1 N–H and O–H groups in total. The summed E-state index contributed by atoms with van der Waals surface area (Å²) in [6.45, 7) is 2.55. The number of amides is 2. The predicted octanol–water partition coefficient (Wildman–Crippen LogP) is 3.66. The number of benzene rings is 2. The smallest absolute Gasteiger partial charge is 0.253 e. The zero-order chi connectivity index (χ0) is 20.3. The zero-order valence-corrected chi connectivity index (χ0v) is 15.5. The standard InChI is InChI=1S/C21H21F3N2O2/c1-21(20(28)25-12-14-4-2-5-16(22)10-14)8-3-9-26(13-21)19(27)15-6-7-17(23)18(24)11-15/h2,4-7,10-11H,3,8-9,12-13H2,1H3,(H,25,28). The Morgan fingerprint density at radius 3 is 2.61 bits per heavy atom. The summed E-state index contributed by atoms with van der Waals surface area (Å²) in [6, 6.07) is 8.98. The number of carbonyl (C=O) groups excluding carboxylic acids is 2. The Hall–Kier alpha value is -2.83. The van der Waals surface area contributed by atoms with E-state index in [1.165, 1.54) is 23.1 Å². The summed E-state index contributed by atoms with van der Waals surface area (Å²) in [5.41, 5.74) is -0.134. The number of hydrogen-bond acceptors (Lipinski definition) is 2. The molecular weight excluding hydrogens is 369 g/mol. The number of carbonyl (C=O) groups is 2. The van der Waals surface area contributed by atoms with Crippen molar-refractivity contribution in [1.29, 1.82) is 0 Å². The maximum absolute atomic E-state index is 13.4. The molecule has 1 fully saturated rings. The number of nitrogens with one attached hydrogen (secondary N) is 1. The Morgan fingerprint density at radius 2 is 1.89 bits per heavy atom. The monoisotopic (exact) mass is 390 g/mol. The summed E-state index contributed by atoms with van der Waals surface area (Å²) < 4.78 is 39.8. The molecule has 0 aliphatic carbocycles. The number of rotatable bonds is 4. The van der Waals surface area contributed by atoms with Crippen LogP contribution < -0.4 is 5.32 Å². The summed E-state index contributed by atoms with van der Waals surface area (Å²) >= 11 is 0. The van der Waals surface area contributed by atoms with Crippen LogP contribution in [-0.2, 0) is 11.3 Å². The van der Waals surface area contributed by atoms with Gasteiger partial charge >= 0.3 is 0 Å². The number of nitrogens with zero attached hydrogens (tertiary/aromatic N) is 1. The Kier molecular flexibility index (Phi) is 5.72. The molecule has 148 valence electrons. The van der Waals surface area contributed by atoms with Crippen molar-refractivity contribution >= 4 is 11.8 Å². The molecule has 7 heteroatoms. The van der Waals surface area contributed by atoms with Gasteiger partial charge in [0, 0.05) is 25.2 Å². The molecule has 1 aliphatic rings. The fourth-order valence-electron chi connectivity index (χ4n) is 3.45. The molecule has 0 radical (unpaired) electrons. The van der Waals surface area contributed by atoms with Gasteiger partial charge in [0.05, 0.1) is 5.41 Å². The van der Waals surface area contributed by atoms with Crippen molar-refractivity contribution in [3.63, 3.8) is 0 Å². The lowest BCUT2D eigenvalue weighted by Crippen LogP contribution is -2.51. The van der Waals surface area contributed by atoms with Gasteiger partial charge in [-0.25, -0.2) is 13.2 Å². The molecule has 4 nitrogen and oxygen atoms in total. The van der Waals surface area contributed by atoms with Crippen LogP contribution >= 0.6 is 0 Å². The van der Waals surface area contributed by atoms with E-state index < -0.39 is 23.0 Å². The van der Waals surface area contributed by atoms with E-state index in [9.17, 15) is 22.8 Å². The Labute approximate surface area is 161 Å². The molecular formula is C21H21F3N2O2. The average molecular weight is 390 g/mol. The topological polar surface area (TPSA) is 49.4 Å². The van der Waals surface area contributed by atoms with Crippen molar-refractivity contribution in [2.45, 2.75) is 26.3 Å². The van der Waals surface area contributed by atoms with Crippen LogP contribution in [0.1, 0.15) is 35.7 Å².